The van der Waals surface area contributed by atoms with Gasteiger partial charge < -0.3 is 0 Å². The zero-order valence-electron chi connectivity index (χ0n) is 13.3. The van der Waals surface area contributed by atoms with Crippen molar-refractivity contribution in [3.63, 3.8) is 0 Å². The summed E-state index contributed by atoms with van der Waals surface area (Å²) >= 11 is 0. The molecule has 20 heavy (non-hydrogen) atoms. The van der Waals surface area contributed by atoms with E-state index in [1.165, 1.54) is 51.4 Å². The van der Waals surface area contributed by atoms with Gasteiger partial charge in [-0.05, 0) is 80.0 Å². The van der Waals surface area contributed by atoms with Gasteiger partial charge in [-0.25, -0.2) is 0 Å². The molecule has 4 fully saturated rings. The number of ketones is 1. The van der Waals surface area contributed by atoms with Crippen molar-refractivity contribution in [1.82, 2.24) is 0 Å². The maximum atomic E-state index is 12.4. The highest BCUT2D eigenvalue weighted by molar-refractivity contribution is 5.82. The molecule has 4 rings (SSSR count). The maximum absolute atomic E-state index is 12.4. The third-order valence-electron chi connectivity index (χ3n) is 8.18. The lowest BCUT2D eigenvalue weighted by Crippen LogP contribution is -2.53. The first-order valence-electron chi connectivity index (χ1n) is 9.07. The average molecular weight is 274 g/mol. The Morgan fingerprint density at radius 1 is 0.900 bits per heavy atom. The van der Waals surface area contributed by atoms with Crippen LogP contribution in [0.3, 0.4) is 0 Å². The Labute approximate surface area is 123 Å². The molecule has 0 aromatic rings. The predicted octanol–water partition coefficient (Wildman–Crippen LogP) is 4.99. The minimum atomic E-state index is 0.363. The quantitative estimate of drug-likeness (QED) is 0.608. The van der Waals surface area contributed by atoms with Gasteiger partial charge in [-0.3, -0.25) is 4.79 Å². The van der Waals surface area contributed by atoms with Crippen molar-refractivity contribution in [2.45, 2.75) is 78.1 Å². The lowest BCUT2D eigenvalue weighted by atomic mass is 9.45. The van der Waals surface area contributed by atoms with E-state index in [4.69, 9.17) is 0 Å². The second-order valence-corrected chi connectivity index (χ2v) is 8.92. The fraction of sp³-hybridized carbons (Fsp3) is 0.947. The normalized spacial score (nSPS) is 55.0. The number of fused-ring (bicyclic) bond motifs is 5. The molecule has 6 atom stereocenters. The molecule has 0 spiro atoms. The highest BCUT2D eigenvalue weighted by Crippen LogP contribution is 2.65. The van der Waals surface area contributed by atoms with Gasteiger partial charge in [-0.15, -0.1) is 0 Å². The summed E-state index contributed by atoms with van der Waals surface area (Å²) in [6.45, 7) is 5.06. The van der Waals surface area contributed by atoms with Gasteiger partial charge in [0.25, 0.3) is 0 Å². The number of carbonyl (C=O) groups excluding carboxylic acids is 1. The van der Waals surface area contributed by atoms with E-state index in [-0.39, 0.29) is 0 Å². The number of hydrogen-bond acceptors (Lipinski definition) is 1. The Bertz CT molecular complexity index is 427. The van der Waals surface area contributed by atoms with Crippen LogP contribution in [0.2, 0.25) is 0 Å². The molecule has 0 aromatic heterocycles. The van der Waals surface area contributed by atoms with Crippen LogP contribution in [-0.4, -0.2) is 5.78 Å². The van der Waals surface area contributed by atoms with Crippen LogP contribution < -0.4 is 0 Å². The molecule has 1 nitrogen and oxygen atoms in total. The monoisotopic (exact) mass is 274 g/mol. The van der Waals surface area contributed by atoms with Gasteiger partial charge in [0.15, 0.2) is 0 Å². The van der Waals surface area contributed by atoms with Crippen molar-refractivity contribution in [3.8, 4) is 0 Å². The van der Waals surface area contributed by atoms with Crippen molar-refractivity contribution < 1.29 is 4.79 Å². The molecule has 0 aliphatic heterocycles. The summed E-state index contributed by atoms with van der Waals surface area (Å²) in [4.78, 5) is 12.4. The van der Waals surface area contributed by atoms with Crippen LogP contribution in [0.1, 0.15) is 78.1 Å². The second kappa shape index (κ2) is 4.34. The van der Waals surface area contributed by atoms with Gasteiger partial charge >= 0.3 is 0 Å². The molecule has 0 N–H and O–H groups in total. The van der Waals surface area contributed by atoms with E-state index < -0.39 is 0 Å². The molecule has 112 valence electrons. The van der Waals surface area contributed by atoms with Crippen LogP contribution >= 0.6 is 0 Å². The lowest BCUT2D eigenvalue weighted by molar-refractivity contribution is -0.146. The second-order valence-electron chi connectivity index (χ2n) is 8.92. The first-order chi connectivity index (χ1) is 9.55. The van der Waals surface area contributed by atoms with Gasteiger partial charge in [0.2, 0.25) is 0 Å². The summed E-state index contributed by atoms with van der Waals surface area (Å²) in [5.74, 6) is 3.82. The Morgan fingerprint density at radius 2 is 1.75 bits per heavy atom. The molecule has 4 aliphatic carbocycles. The van der Waals surface area contributed by atoms with Crippen LogP contribution in [0.15, 0.2) is 0 Å². The fourth-order valence-corrected chi connectivity index (χ4v) is 7.16. The molecule has 4 saturated carbocycles. The van der Waals surface area contributed by atoms with Crippen molar-refractivity contribution in [2.24, 2.45) is 34.5 Å². The van der Waals surface area contributed by atoms with Gasteiger partial charge in [-0.2, -0.15) is 0 Å². The lowest BCUT2D eigenvalue weighted by Gasteiger charge is -2.59. The molecule has 0 unspecified atom stereocenters. The van der Waals surface area contributed by atoms with Crippen molar-refractivity contribution in [2.75, 3.05) is 0 Å². The molecular weight excluding hydrogens is 244 g/mol. The smallest absolute Gasteiger partial charge is 0.136 e. The molecule has 0 heterocycles. The molecule has 4 aliphatic rings. The van der Waals surface area contributed by atoms with E-state index >= 15 is 0 Å². The predicted molar refractivity (Wildman–Crippen MR) is 81.4 cm³/mol. The average Bonchev–Trinajstić information content (AvgIpc) is 2.80. The van der Waals surface area contributed by atoms with E-state index in [2.05, 4.69) is 13.8 Å². The van der Waals surface area contributed by atoms with Crippen LogP contribution in [-0.2, 0) is 4.79 Å². The van der Waals surface area contributed by atoms with Crippen LogP contribution in [0.25, 0.3) is 0 Å². The molecule has 0 radical (unpaired) electrons. The topological polar surface area (TPSA) is 17.1 Å². The minimum Gasteiger partial charge on any atom is -0.299 e. The van der Waals surface area contributed by atoms with E-state index in [1.807, 2.05) is 0 Å². The number of carbonyl (C=O) groups is 1. The summed E-state index contributed by atoms with van der Waals surface area (Å²) in [7, 11) is 0. The minimum absolute atomic E-state index is 0.363. The van der Waals surface area contributed by atoms with Gasteiger partial charge in [-0.1, -0.05) is 20.3 Å². The largest absolute Gasteiger partial charge is 0.299 e. The van der Waals surface area contributed by atoms with Crippen molar-refractivity contribution in [3.05, 3.63) is 0 Å². The highest BCUT2D eigenvalue weighted by Gasteiger charge is 2.58. The van der Waals surface area contributed by atoms with E-state index in [9.17, 15) is 4.79 Å². The van der Waals surface area contributed by atoms with Gasteiger partial charge in [0.1, 0.15) is 5.78 Å². The molecule has 0 amide bonds. The maximum Gasteiger partial charge on any atom is 0.136 e. The van der Waals surface area contributed by atoms with Crippen LogP contribution in [0.5, 0.6) is 0 Å². The zero-order chi connectivity index (χ0) is 14.0. The number of hydrogen-bond donors (Lipinski definition) is 0. The van der Waals surface area contributed by atoms with Gasteiger partial charge in [0.05, 0.1) is 0 Å². The Morgan fingerprint density at radius 3 is 2.60 bits per heavy atom. The third-order valence-corrected chi connectivity index (χ3v) is 8.18. The number of rotatable bonds is 0. The Balaban J connectivity index is 1.67. The molecule has 0 saturated heterocycles. The van der Waals surface area contributed by atoms with E-state index in [0.717, 1.165) is 30.6 Å². The molecule has 0 bridgehead atoms. The van der Waals surface area contributed by atoms with Crippen LogP contribution in [0, 0.1) is 34.5 Å². The third kappa shape index (κ3) is 1.64. The standard InChI is InChI=1S/C19H30O/c1-18-10-3-5-14(18)13-7-8-16-17(20)6-4-11-19(16,2)15(13)9-12-18/h13-16H,3-12H2,1-2H3/t13-,14+,15-,16-,18+,19-/m0/s1. The highest BCUT2D eigenvalue weighted by atomic mass is 16.1. The zero-order valence-corrected chi connectivity index (χ0v) is 13.3. The van der Waals surface area contributed by atoms with E-state index in [1.54, 1.807) is 0 Å². The first kappa shape index (κ1) is 13.3. The number of Topliss-reactive ketones (excluding diaryl/α,β-unsaturated/α-hetero) is 1. The molecule has 0 aromatic carbocycles. The summed E-state index contributed by atoms with van der Waals surface area (Å²) in [5.41, 5.74) is 1.02. The molecule has 1 heteroatoms. The van der Waals surface area contributed by atoms with E-state index in [0.29, 0.717) is 22.5 Å². The summed E-state index contributed by atoms with van der Waals surface area (Å²) in [5, 5.41) is 0. The van der Waals surface area contributed by atoms with Gasteiger partial charge in [0, 0.05) is 12.3 Å². The van der Waals surface area contributed by atoms with Crippen molar-refractivity contribution >= 4 is 5.78 Å². The Hall–Kier alpha value is -0.330. The van der Waals surface area contributed by atoms with Crippen LogP contribution in [0.4, 0.5) is 0 Å². The summed E-state index contributed by atoms with van der Waals surface area (Å²) in [6.07, 6.45) is 13.2. The Kier molecular flexibility index (Phi) is 2.89. The first-order valence-corrected chi connectivity index (χ1v) is 9.07. The van der Waals surface area contributed by atoms with Crippen molar-refractivity contribution in [1.29, 1.82) is 0 Å². The SMILES string of the molecule is C[C@]12CCC[C@@H]1[C@@H]1CC[C@H]3C(=O)CCC[C@@]3(C)[C@H]1CC2. The summed E-state index contributed by atoms with van der Waals surface area (Å²) in [6, 6.07) is 0. The summed E-state index contributed by atoms with van der Waals surface area (Å²) < 4.78 is 0. The fourth-order valence-electron chi connectivity index (χ4n) is 7.16. The molecular formula is C19H30O.